The first-order chi connectivity index (χ1) is 7.38. The molecule has 1 saturated carbocycles. The van der Waals surface area contributed by atoms with Crippen LogP contribution in [0.1, 0.15) is 52.4 Å². The first-order valence-electron chi connectivity index (χ1n) is 6.83. The zero-order valence-corrected chi connectivity index (χ0v) is 10.6. The molecular formula is C13H28N2. The summed E-state index contributed by atoms with van der Waals surface area (Å²) >= 11 is 0. The average molecular weight is 212 g/mol. The molecule has 1 rings (SSSR count). The maximum absolute atomic E-state index is 3.39. The van der Waals surface area contributed by atoms with E-state index in [4.69, 9.17) is 0 Å². The van der Waals surface area contributed by atoms with Crippen LogP contribution in [0.15, 0.2) is 0 Å². The molecule has 0 unspecified atom stereocenters. The minimum absolute atomic E-state index is 0.954. The van der Waals surface area contributed by atoms with E-state index in [9.17, 15) is 0 Å². The van der Waals surface area contributed by atoms with Crippen LogP contribution in [-0.2, 0) is 0 Å². The van der Waals surface area contributed by atoms with Crippen molar-refractivity contribution >= 4 is 0 Å². The molecule has 0 atom stereocenters. The molecule has 0 spiro atoms. The largest absolute Gasteiger partial charge is 0.317 e. The lowest BCUT2D eigenvalue weighted by Crippen LogP contribution is -2.28. The fourth-order valence-electron chi connectivity index (χ4n) is 2.02. The predicted octanol–water partition coefficient (Wildman–Crippen LogP) is 2.64. The maximum Gasteiger partial charge on any atom is 0.00964 e. The molecule has 2 heteroatoms. The molecule has 15 heavy (non-hydrogen) atoms. The normalized spacial score (nSPS) is 16.2. The smallest absolute Gasteiger partial charge is 0.00964 e. The average Bonchev–Trinajstić information content (AvgIpc) is 3.06. The molecule has 1 fully saturated rings. The topological polar surface area (TPSA) is 15.3 Å². The van der Waals surface area contributed by atoms with Gasteiger partial charge in [-0.1, -0.05) is 20.3 Å². The van der Waals surface area contributed by atoms with Crippen molar-refractivity contribution in [3.8, 4) is 0 Å². The Morgan fingerprint density at radius 2 is 1.80 bits per heavy atom. The standard InChI is InChI=1S/C13H28N2/c1-3-5-11-15(13-8-9-13)12-7-6-10-14-4-2/h13-14H,3-12H2,1-2H3. The molecule has 0 saturated heterocycles. The van der Waals surface area contributed by atoms with Gasteiger partial charge in [0.25, 0.3) is 0 Å². The molecule has 2 nitrogen and oxygen atoms in total. The minimum Gasteiger partial charge on any atom is -0.317 e. The first-order valence-corrected chi connectivity index (χ1v) is 6.83. The maximum atomic E-state index is 3.39. The van der Waals surface area contributed by atoms with Crippen molar-refractivity contribution in [3.63, 3.8) is 0 Å². The fraction of sp³-hybridized carbons (Fsp3) is 1.00. The summed E-state index contributed by atoms with van der Waals surface area (Å²) < 4.78 is 0. The highest BCUT2D eigenvalue weighted by Gasteiger charge is 2.27. The van der Waals surface area contributed by atoms with Gasteiger partial charge < -0.3 is 10.2 Å². The lowest BCUT2D eigenvalue weighted by molar-refractivity contribution is 0.253. The second kappa shape index (κ2) is 8.12. The van der Waals surface area contributed by atoms with Crippen LogP contribution in [0, 0.1) is 0 Å². The van der Waals surface area contributed by atoms with Gasteiger partial charge in [-0.2, -0.15) is 0 Å². The summed E-state index contributed by atoms with van der Waals surface area (Å²) in [6.45, 7) is 9.44. The molecule has 1 aliphatic rings. The van der Waals surface area contributed by atoms with E-state index >= 15 is 0 Å². The second-order valence-electron chi connectivity index (χ2n) is 4.68. The van der Waals surface area contributed by atoms with Gasteiger partial charge in [-0.05, 0) is 58.3 Å². The van der Waals surface area contributed by atoms with Gasteiger partial charge in [0.2, 0.25) is 0 Å². The van der Waals surface area contributed by atoms with Gasteiger partial charge in [-0.15, -0.1) is 0 Å². The Hall–Kier alpha value is -0.0800. The monoisotopic (exact) mass is 212 g/mol. The summed E-state index contributed by atoms with van der Waals surface area (Å²) in [5.74, 6) is 0. The molecule has 0 aromatic carbocycles. The van der Waals surface area contributed by atoms with E-state index in [0.717, 1.165) is 12.6 Å². The number of nitrogens with zero attached hydrogens (tertiary/aromatic N) is 1. The highest BCUT2D eigenvalue weighted by Crippen LogP contribution is 2.27. The molecule has 0 aromatic rings. The zero-order chi connectivity index (χ0) is 10.9. The lowest BCUT2D eigenvalue weighted by Gasteiger charge is -2.21. The van der Waals surface area contributed by atoms with Crippen LogP contribution in [0.25, 0.3) is 0 Å². The van der Waals surface area contributed by atoms with Crippen LogP contribution in [0.4, 0.5) is 0 Å². The molecule has 1 aliphatic carbocycles. The first kappa shape index (κ1) is 13.0. The van der Waals surface area contributed by atoms with Gasteiger partial charge in [-0.25, -0.2) is 0 Å². The summed E-state index contributed by atoms with van der Waals surface area (Å²) in [6, 6.07) is 0.954. The molecule has 0 radical (unpaired) electrons. The van der Waals surface area contributed by atoms with Gasteiger partial charge >= 0.3 is 0 Å². The van der Waals surface area contributed by atoms with E-state index in [1.54, 1.807) is 0 Å². The number of hydrogen-bond acceptors (Lipinski definition) is 2. The van der Waals surface area contributed by atoms with Gasteiger partial charge in [0, 0.05) is 6.04 Å². The second-order valence-corrected chi connectivity index (χ2v) is 4.68. The summed E-state index contributed by atoms with van der Waals surface area (Å²) in [5.41, 5.74) is 0. The number of nitrogens with one attached hydrogen (secondary N) is 1. The van der Waals surface area contributed by atoms with E-state index in [0.29, 0.717) is 0 Å². The highest BCUT2D eigenvalue weighted by atomic mass is 15.2. The number of rotatable bonds is 10. The van der Waals surface area contributed by atoms with Gasteiger partial charge in [0.05, 0.1) is 0 Å². The Morgan fingerprint density at radius 1 is 1.07 bits per heavy atom. The molecule has 0 bridgehead atoms. The van der Waals surface area contributed by atoms with E-state index in [1.807, 2.05) is 0 Å². The van der Waals surface area contributed by atoms with Crippen molar-refractivity contribution in [3.05, 3.63) is 0 Å². The molecule has 1 N–H and O–H groups in total. The minimum atomic E-state index is 0.954. The van der Waals surface area contributed by atoms with Crippen LogP contribution in [-0.4, -0.2) is 37.1 Å². The fourth-order valence-corrected chi connectivity index (χ4v) is 2.02. The Kier molecular flexibility index (Phi) is 7.03. The third kappa shape index (κ3) is 6.16. The SMILES string of the molecule is CCCCN(CCCCNCC)C1CC1. The molecular weight excluding hydrogens is 184 g/mol. The predicted molar refractivity (Wildman–Crippen MR) is 67.3 cm³/mol. The molecule has 0 amide bonds. The van der Waals surface area contributed by atoms with Gasteiger partial charge in [0.15, 0.2) is 0 Å². The van der Waals surface area contributed by atoms with Crippen LogP contribution in [0.2, 0.25) is 0 Å². The summed E-state index contributed by atoms with van der Waals surface area (Å²) in [6.07, 6.45) is 8.33. The molecule has 0 aliphatic heterocycles. The third-order valence-corrected chi connectivity index (χ3v) is 3.16. The van der Waals surface area contributed by atoms with Crippen molar-refractivity contribution in [2.24, 2.45) is 0 Å². The quantitative estimate of drug-likeness (QED) is 0.560. The zero-order valence-electron chi connectivity index (χ0n) is 10.6. The van der Waals surface area contributed by atoms with Crippen molar-refractivity contribution in [2.45, 2.75) is 58.4 Å². The summed E-state index contributed by atoms with van der Waals surface area (Å²) in [5, 5.41) is 3.39. The molecule has 0 heterocycles. The molecule has 0 aromatic heterocycles. The lowest BCUT2D eigenvalue weighted by atomic mass is 10.2. The Balaban J connectivity index is 1.98. The third-order valence-electron chi connectivity index (χ3n) is 3.16. The molecule has 90 valence electrons. The number of unbranched alkanes of at least 4 members (excludes halogenated alkanes) is 2. The van der Waals surface area contributed by atoms with Crippen LogP contribution in [0.5, 0.6) is 0 Å². The van der Waals surface area contributed by atoms with Crippen molar-refractivity contribution < 1.29 is 0 Å². The van der Waals surface area contributed by atoms with E-state index < -0.39 is 0 Å². The van der Waals surface area contributed by atoms with E-state index in [2.05, 4.69) is 24.1 Å². The van der Waals surface area contributed by atoms with Gasteiger partial charge in [-0.3, -0.25) is 0 Å². The van der Waals surface area contributed by atoms with Crippen molar-refractivity contribution in [1.29, 1.82) is 0 Å². The van der Waals surface area contributed by atoms with Crippen LogP contribution >= 0.6 is 0 Å². The van der Waals surface area contributed by atoms with E-state index in [1.165, 1.54) is 58.2 Å². The number of hydrogen-bond donors (Lipinski definition) is 1. The summed E-state index contributed by atoms with van der Waals surface area (Å²) in [4.78, 5) is 2.72. The Bertz CT molecular complexity index is 143. The highest BCUT2D eigenvalue weighted by molar-refractivity contribution is 4.84. The van der Waals surface area contributed by atoms with Crippen molar-refractivity contribution in [1.82, 2.24) is 10.2 Å². The van der Waals surface area contributed by atoms with Gasteiger partial charge in [0.1, 0.15) is 0 Å². The van der Waals surface area contributed by atoms with Crippen molar-refractivity contribution in [2.75, 3.05) is 26.2 Å². The Labute approximate surface area is 95.4 Å². The Morgan fingerprint density at radius 3 is 2.40 bits per heavy atom. The van der Waals surface area contributed by atoms with Crippen LogP contribution in [0.3, 0.4) is 0 Å². The van der Waals surface area contributed by atoms with Crippen LogP contribution < -0.4 is 5.32 Å². The van der Waals surface area contributed by atoms with E-state index in [-0.39, 0.29) is 0 Å². The summed E-state index contributed by atoms with van der Waals surface area (Å²) in [7, 11) is 0.